The Balaban J connectivity index is 2.66. The number of nitrogens with zero attached hydrogens (tertiary/aromatic N) is 1. The fourth-order valence-corrected chi connectivity index (χ4v) is 1.48. The van der Waals surface area contributed by atoms with Crippen molar-refractivity contribution in [2.24, 2.45) is 0 Å². The van der Waals surface area contributed by atoms with Crippen LogP contribution in [0, 0.1) is 6.92 Å². The first-order valence-electron chi connectivity index (χ1n) is 6.28. The molecule has 20 heavy (non-hydrogen) atoms. The standard InChI is InChI=1S/C13H22N4O3/c1-8-6-9(10(15-8)11(18)19)16-12(20)14-7-13(2,3)17(4)5/h6,15H,7H2,1-5H3,(H,18,19)(H2,14,16,20). The van der Waals surface area contributed by atoms with E-state index in [9.17, 15) is 9.59 Å². The van der Waals surface area contributed by atoms with Gasteiger partial charge in [0.2, 0.25) is 0 Å². The number of amides is 2. The normalized spacial score (nSPS) is 11.5. The third kappa shape index (κ3) is 3.99. The first kappa shape index (κ1) is 16.0. The Bertz CT molecular complexity index is 506. The lowest BCUT2D eigenvalue weighted by molar-refractivity contribution is 0.0692. The number of anilines is 1. The molecule has 0 bridgehead atoms. The van der Waals surface area contributed by atoms with Gasteiger partial charge in [-0.1, -0.05) is 0 Å². The van der Waals surface area contributed by atoms with E-state index in [1.165, 1.54) is 0 Å². The van der Waals surface area contributed by atoms with Crippen LogP contribution in [0.2, 0.25) is 0 Å². The Labute approximate surface area is 118 Å². The van der Waals surface area contributed by atoms with E-state index >= 15 is 0 Å². The predicted octanol–water partition coefficient (Wildman–Crippen LogP) is 1.48. The van der Waals surface area contributed by atoms with Crippen molar-refractivity contribution in [1.29, 1.82) is 0 Å². The van der Waals surface area contributed by atoms with Crippen LogP contribution < -0.4 is 10.6 Å². The van der Waals surface area contributed by atoms with Crippen LogP contribution in [0.3, 0.4) is 0 Å². The number of aromatic amines is 1. The largest absolute Gasteiger partial charge is 0.477 e. The lowest BCUT2D eigenvalue weighted by atomic mass is 10.1. The van der Waals surface area contributed by atoms with Crippen molar-refractivity contribution in [3.8, 4) is 0 Å². The van der Waals surface area contributed by atoms with Crippen LogP contribution in [0.1, 0.15) is 30.0 Å². The lowest BCUT2D eigenvalue weighted by Crippen LogP contribution is -2.49. The van der Waals surface area contributed by atoms with Crippen molar-refractivity contribution >= 4 is 17.7 Å². The number of aromatic nitrogens is 1. The number of carbonyl (C=O) groups is 2. The van der Waals surface area contributed by atoms with Gasteiger partial charge in [-0.3, -0.25) is 0 Å². The van der Waals surface area contributed by atoms with Crippen LogP contribution in [0.25, 0.3) is 0 Å². The second-order valence-corrected chi connectivity index (χ2v) is 5.56. The molecule has 0 saturated carbocycles. The van der Waals surface area contributed by atoms with E-state index in [-0.39, 0.29) is 16.9 Å². The zero-order valence-electron chi connectivity index (χ0n) is 12.5. The van der Waals surface area contributed by atoms with Crippen LogP contribution in [-0.4, -0.2) is 53.2 Å². The van der Waals surface area contributed by atoms with E-state index < -0.39 is 12.0 Å². The van der Waals surface area contributed by atoms with Gasteiger partial charge in [-0.05, 0) is 40.9 Å². The quantitative estimate of drug-likeness (QED) is 0.657. The molecule has 1 rings (SSSR count). The molecule has 0 saturated heterocycles. The molecule has 0 radical (unpaired) electrons. The maximum atomic E-state index is 11.8. The number of likely N-dealkylation sites (N-methyl/N-ethyl adjacent to an activating group) is 1. The summed E-state index contributed by atoms with van der Waals surface area (Å²) in [5, 5.41) is 14.3. The molecule has 1 aromatic rings. The van der Waals surface area contributed by atoms with Gasteiger partial charge >= 0.3 is 12.0 Å². The molecule has 0 fully saturated rings. The highest BCUT2D eigenvalue weighted by Crippen LogP contribution is 2.16. The minimum Gasteiger partial charge on any atom is -0.477 e. The molecule has 7 heteroatoms. The molecule has 2 amide bonds. The lowest BCUT2D eigenvalue weighted by Gasteiger charge is -2.32. The topological polar surface area (TPSA) is 97.5 Å². The summed E-state index contributed by atoms with van der Waals surface area (Å²) in [7, 11) is 3.86. The molecule has 0 unspecified atom stereocenters. The van der Waals surface area contributed by atoms with Crippen molar-refractivity contribution in [2.75, 3.05) is 26.0 Å². The number of hydrogen-bond acceptors (Lipinski definition) is 3. The number of rotatable bonds is 5. The van der Waals surface area contributed by atoms with Crippen LogP contribution in [0.15, 0.2) is 6.07 Å². The van der Waals surface area contributed by atoms with Gasteiger partial charge in [0.15, 0.2) is 0 Å². The average molecular weight is 282 g/mol. The highest BCUT2D eigenvalue weighted by Gasteiger charge is 2.22. The SMILES string of the molecule is Cc1cc(NC(=O)NCC(C)(C)N(C)C)c(C(=O)O)[nH]1. The molecule has 0 aliphatic rings. The maximum absolute atomic E-state index is 11.8. The molecule has 4 N–H and O–H groups in total. The van der Waals surface area contributed by atoms with E-state index in [0.29, 0.717) is 12.2 Å². The van der Waals surface area contributed by atoms with Crippen molar-refractivity contribution in [3.05, 3.63) is 17.5 Å². The summed E-state index contributed by atoms with van der Waals surface area (Å²) in [6.45, 7) is 6.16. The Kier molecular flexibility index (Phi) is 4.78. The van der Waals surface area contributed by atoms with Crippen molar-refractivity contribution in [1.82, 2.24) is 15.2 Å². The summed E-state index contributed by atoms with van der Waals surface area (Å²) < 4.78 is 0. The maximum Gasteiger partial charge on any atom is 0.354 e. The van der Waals surface area contributed by atoms with E-state index in [4.69, 9.17) is 5.11 Å². The van der Waals surface area contributed by atoms with Gasteiger partial charge in [-0.2, -0.15) is 0 Å². The van der Waals surface area contributed by atoms with Gasteiger partial charge in [0.25, 0.3) is 0 Å². The second kappa shape index (κ2) is 5.96. The number of urea groups is 1. The zero-order chi connectivity index (χ0) is 15.5. The van der Waals surface area contributed by atoms with E-state index in [1.807, 2.05) is 32.8 Å². The monoisotopic (exact) mass is 282 g/mol. The smallest absolute Gasteiger partial charge is 0.354 e. The van der Waals surface area contributed by atoms with Crippen molar-refractivity contribution in [2.45, 2.75) is 26.3 Å². The predicted molar refractivity (Wildman–Crippen MR) is 77.3 cm³/mol. The molecule has 0 aliphatic carbocycles. The summed E-state index contributed by atoms with van der Waals surface area (Å²) in [5.74, 6) is -1.11. The molecular formula is C13H22N4O3. The first-order chi connectivity index (χ1) is 9.13. The molecule has 0 atom stereocenters. The van der Waals surface area contributed by atoms with Crippen LogP contribution in [0.5, 0.6) is 0 Å². The molecule has 112 valence electrons. The van der Waals surface area contributed by atoms with Gasteiger partial charge in [0.05, 0.1) is 5.69 Å². The number of carboxylic acids is 1. The fourth-order valence-electron chi connectivity index (χ4n) is 1.48. The molecule has 0 aromatic carbocycles. The summed E-state index contributed by atoms with van der Waals surface area (Å²) in [4.78, 5) is 27.5. The van der Waals surface area contributed by atoms with Crippen molar-refractivity contribution in [3.63, 3.8) is 0 Å². The summed E-state index contributed by atoms with van der Waals surface area (Å²) in [6, 6.07) is 1.15. The fraction of sp³-hybridized carbons (Fsp3) is 0.538. The van der Waals surface area contributed by atoms with Gasteiger partial charge in [-0.15, -0.1) is 0 Å². The zero-order valence-corrected chi connectivity index (χ0v) is 12.5. The second-order valence-electron chi connectivity index (χ2n) is 5.56. The van der Waals surface area contributed by atoms with Gasteiger partial charge in [0.1, 0.15) is 5.69 Å². The molecular weight excluding hydrogens is 260 g/mol. The van der Waals surface area contributed by atoms with Crippen molar-refractivity contribution < 1.29 is 14.7 Å². The minimum atomic E-state index is -1.11. The molecule has 0 aliphatic heterocycles. The Morgan fingerprint density at radius 3 is 2.50 bits per heavy atom. The summed E-state index contributed by atoms with van der Waals surface area (Å²) >= 11 is 0. The number of aromatic carboxylic acids is 1. The molecule has 1 aromatic heterocycles. The number of carbonyl (C=O) groups excluding carboxylic acids is 1. The summed E-state index contributed by atoms with van der Waals surface area (Å²) in [6.07, 6.45) is 0. The van der Waals surface area contributed by atoms with Crippen LogP contribution in [-0.2, 0) is 0 Å². The Hall–Kier alpha value is -2.02. The molecule has 7 nitrogen and oxygen atoms in total. The van der Waals surface area contributed by atoms with E-state index in [2.05, 4.69) is 15.6 Å². The number of carboxylic acid groups (broad SMARTS) is 1. The van der Waals surface area contributed by atoms with Crippen LogP contribution >= 0.6 is 0 Å². The number of hydrogen-bond donors (Lipinski definition) is 4. The third-order valence-corrected chi connectivity index (χ3v) is 3.31. The number of aryl methyl sites for hydroxylation is 1. The highest BCUT2D eigenvalue weighted by molar-refractivity contribution is 5.99. The summed E-state index contributed by atoms with van der Waals surface area (Å²) in [5.41, 5.74) is 0.715. The van der Waals surface area contributed by atoms with E-state index in [0.717, 1.165) is 0 Å². The Morgan fingerprint density at radius 2 is 2.00 bits per heavy atom. The highest BCUT2D eigenvalue weighted by atomic mass is 16.4. The van der Waals surface area contributed by atoms with Gasteiger partial charge < -0.3 is 25.6 Å². The minimum absolute atomic E-state index is 0.0236. The first-order valence-corrected chi connectivity index (χ1v) is 6.28. The molecule has 0 spiro atoms. The van der Waals surface area contributed by atoms with Crippen LogP contribution in [0.4, 0.5) is 10.5 Å². The number of H-pyrrole nitrogens is 1. The third-order valence-electron chi connectivity index (χ3n) is 3.31. The van der Waals surface area contributed by atoms with Gasteiger partial charge in [0, 0.05) is 17.8 Å². The molecule has 1 heterocycles. The Morgan fingerprint density at radius 1 is 1.40 bits per heavy atom. The van der Waals surface area contributed by atoms with Gasteiger partial charge in [-0.25, -0.2) is 9.59 Å². The average Bonchev–Trinajstić information content (AvgIpc) is 2.67. The van der Waals surface area contributed by atoms with E-state index in [1.54, 1.807) is 13.0 Å². The number of nitrogens with one attached hydrogen (secondary N) is 3.